The Morgan fingerprint density at radius 3 is 2.79 bits per heavy atom. The molecule has 0 spiro atoms. The molecule has 1 aromatic rings. The standard InChI is InChI=1S/C13H18FNO3S/c1-9-5-6-15-12(8-19(9,16)17)10-3-4-13(18-2)11(14)7-10/h3-4,7,9,12,15H,5-6,8H2,1-2H3. The molecule has 0 radical (unpaired) electrons. The summed E-state index contributed by atoms with van der Waals surface area (Å²) in [5.74, 6) is -0.315. The second kappa shape index (κ2) is 5.46. The Morgan fingerprint density at radius 2 is 2.16 bits per heavy atom. The maximum atomic E-state index is 13.7. The summed E-state index contributed by atoms with van der Waals surface area (Å²) in [7, 11) is -1.74. The van der Waals surface area contributed by atoms with Crippen LogP contribution in [0, 0.1) is 5.82 Å². The summed E-state index contributed by atoms with van der Waals surface area (Å²) < 4.78 is 42.6. The molecule has 0 aliphatic carbocycles. The molecule has 2 atom stereocenters. The summed E-state index contributed by atoms with van der Waals surface area (Å²) in [6, 6.07) is 4.19. The molecule has 1 aliphatic heterocycles. The van der Waals surface area contributed by atoms with Crippen LogP contribution >= 0.6 is 0 Å². The minimum atomic E-state index is -3.14. The Labute approximate surface area is 112 Å². The average Bonchev–Trinajstić information content (AvgIpc) is 2.49. The van der Waals surface area contributed by atoms with Gasteiger partial charge in [-0.3, -0.25) is 0 Å². The molecular formula is C13H18FNO3S. The second-order valence-electron chi connectivity index (χ2n) is 4.83. The summed E-state index contributed by atoms with van der Waals surface area (Å²) in [6.45, 7) is 2.33. The van der Waals surface area contributed by atoms with Crippen LogP contribution in [0.2, 0.25) is 0 Å². The smallest absolute Gasteiger partial charge is 0.165 e. The topological polar surface area (TPSA) is 55.4 Å². The van der Waals surface area contributed by atoms with Gasteiger partial charge in [-0.05, 0) is 37.6 Å². The highest BCUT2D eigenvalue weighted by Crippen LogP contribution is 2.25. The van der Waals surface area contributed by atoms with E-state index >= 15 is 0 Å². The molecule has 6 heteroatoms. The van der Waals surface area contributed by atoms with E-state index < -0.39 is 15.7 Å². The first-order chi connectivity index (χ1) is 8.94. The Hall–Kier alpha value is -1.14. The molecule has 0 amide bonds. The van der Waals surface area contributed by atoms with Gasteiger partial charge in [-0.1, -0.05) is 6.07 Å². The van der Waals surface area contributed by atoms with Crippen LogP contribution in [-0.4, -0.2) is 33.1 Å². The normalized spacial score (nSPS) is 26.7. The van der Waals surface area contributed by atoms with Gasteiger partial charge in [0.2, 0.25) is 0 Å². The lowest BCUT2D eigenvalue weighted by Gasteiger charge is -2.16. The minimum absolute atomic E-state index is 0.0000640. The van der Waals surface area contributed by atoms with E-state index in [-0.39, 0.29) is 22.8 Å². The molecule has 2 unspecified atom stereocenters. The van der Waals surface area contributed by atoms with Crippen LogP contribution in [0.5, 0.6) is 5.75 Å². The van der Waals surface area contributed by atoms with E-state index in [2.05, 4.69) is 5.32 Å². The van der Waals surface area contributed by atoms with E-state index in [0.717, 1.165) is 0 Å². The second-order valence-corrected chi connectivity index (χ2v) is 7.29. The molecule has 1 aromatic carbocycles. The van der Waals surface area contributed by atoms with Crippen LogP contribution in [0.1, 0.15) is 24.9 Å². The molecule has 1 N–H and O–H groups in total. The van der Waals surface area contributed by atoms with Crippen LogP contribution in [0.15, 0.2) is 18.2 Å². The summed E-state index contributed by atoms with van der Waals surface area (Å²) in [6.07, 6.45) is 0.581. The molecule has 0 bridgehead atoms. The molecule has 2 rings (SSSR count). The zero-order valence-corrected chi connectivity index (χ0v) is 11.8. The third-order valence-corrected chi connectivity index (χ3v) is 5.79. The fourth-order valence-corrected chi connectivity index (χ4v) is 3.79. The van der Waals surface area contributed by atoms with Crippen LogP contribution < -0.4 is 10.1 Å². The molecule has 1 aliphatic rings. The number of nitrogens with one attached hydrogen (secondary N) is 1. The van der Waals surface area contributed by atoms with Crippen molar-refractivity contribution < 1.29 is 17.5 Å². The van der Waals surface area contributed by atoms with Crippen molar-refractivity contribution in [2.75, 3.05) is 19.4 Å². The monoisotopic (exact) mass is 287 g/mol. The van der Waals surface area contributed by atoms with Crippen LogP contribution in [-0.2, 0) is 9.84 Å². The highest BCUT2D eigenvalue weighted by molar-refractivity contribution is 7.92. The first-order valence-electron chi connectivity index (χ1n) is 6.22. The van der Waals surface area contributed by atoms with E-state index in [4.69, 9.17) is 4.74 Å². The van der Waals surface area contributed by atoms with E-state index in [1.54, 1.807) is 13.0 Å². The third-order valence-electron chi connectivity index (χ3n) is 3.53. The SMILES string of the molecule is COc1ccc(C2CS(=O)(=O)C(C)CCN2)cc1F. The number of benzene rings is 1. The van der Waals surface area contributed by atoms with Gasteiger partial charge in [-0.2, -0.15) is 0 Å². The highest BCUT2D eigenvalue weighted by Gasteiger charge is 2.29. The lowest BCUT2D eigenvalue weighted by Crippen LogP contribution is -2.26. The number of hydrogen-bond donors (Lipinski definition) is 1. The van der Waals surface area contributed by atoms with Gasteiger partial charge < -0.3 is 10.1 Å². The summed E-state index contributed by atoms with van der Waals surface area (Å²) in [5.41, 5.74) is 0.635. The van der Waals surface area contributed by atoms with Crippen molar-refractivity contribution in [1.82, 2.24) is 5.32 Å². The van der Waals surface area contributed by atoms with Crippen LogP contribution in [0.25, 0.3) is 0 Å². The van der Waals surface area contributed by atoms with Crippen molar-refractivity contribution in [2.24, 2.45) is 0 Å². The van der Waals surface area contributed by atoms with Crippen molar-refractivity contribution in [3.8, 4) is 5.75 Å². The number of sulfone groups is 1. The van der Waals surface area contributed by atoms with E-state index in [0.29, 0.717) is 18.5 Å². The predicted molar refractivity (Wildman–Crippen MR) is 71.6 cm³/mol. The summed E-state index contributed by atoms with van der Waals surface area (Å²) in [5, 5.41) is 2.81. The van der Waals surface area contributed by atoms with Gasteiger partial charge in [0.15, 0.2) is 21.4 Å². The average molecular weight is 287 g/mol. The quantitative estimate of drug-likeness (QED) is 0.899. The molecule has 0 aromatic heterocycles. The fourth-order valence-electron chi connectivity index (χ4n) is 2.21. The van der Waals surface area contributed by atoms with Gasteiger partial charge in [0.05, 0.1) is 18.1 Å². The zero-order valence-electron chi connectivity index (χ0n) is 11.0. The Morgan fingerprint density at radius 1 is 1.42 bits per heavy atom. The van der Waals surface area contributed by atoms with Gasteiger partial charge in [0.1, 0.15) is 0 Å². The zero-order chi connectivity index (χ0) is 14.0. The molecule has 19 heavy (non-hydrogen) atoms. The summed E-state index contributed by atoms with van der Waals surface area (Å²) >= 11 is 0. The van der Waals surface area contributed by atoms with Crippen molar-refractivity contribution in [1.29, 1.82) is 0 Å². The van der Waals surface area contributed by atoms with Crippen LogP contribution in [0.4, 0.5) is 4.39 Å². The Kier molecular flexibility index (Phi) is 4.10. The van der Waals surface area contributed by atoms with Crippen molar-refractivity contribution in [3.05, 3.63) is 29.6 Å². The number of halogens is 1. The molecule has 4 nitrogen and oxygen atoms in total. The van der Waals surface area contributed by atoms with Gasteiger partial charge in [-0.25, -0.2) is 12.8 Å². The molecule has 0 saturated carbocycles. The van der Waals surface area contributed by atoms with Gasteiger partial charge in [-0.15, -0.1) is 0 Å². The number of ether oxygens (including phenoxy) is 1. The van der Waals surface area contributed by atoms with Gasteiger partial charge >= 0.3 is 0 Å². The minimum Gasteiger partial charge on any atom is -0.494 e. The molecule has 1 heterocycles. The Balaban J connectivity index is 2.28. The van der Waals surface area contributed by atoms with Gasteiger partial charge in [0.25, 0.3) is 0 Å². The lowest BCUT2D eigenvalue weighted by atomic mass is 10.1. The first-order valence-corrected chi connectivity index (χ1v) is 7.94. The van der Waals surface area contributed by atoms with Crippen molar-refractivity contribution in [3.63, 3.8) is 0 Å². The molecule has 1 saturated heterocycles. The lowest BCUT2D eigenvalue weighted by molar-refractivity contribution is 0.385. The molecule has 106 valence electrons. The van der Waals surface area contributed by atoms with Gasteiger partial charge in [0, 0.05) is 6.04 Å². The Bertz CT molecular complexity index is 559. The highest BCUT2D eigenvalue weighted by atomic mass is 32.2. The largest absolute Gasteiger partial charge is 0.494 e. The van der Waals surface area contributed by atoms with Crippen molar-refractivity contribution >= 4 is 9.84 Å². The number of hydrogen-bond acceptors (Lipinski definition) is 4. The van der Waals surface area contributed by atoms with E-state index in [1.165, 1.54) is 19.2 Å². The fraction of sp³-hybridized carbons (Fsp3) is 0.538. The van der Waals surface area contributed by atoms with Crippen molar-refractivity contribution in [2.45, 2.75) is 24.6 Å². The van der Waals surface area contributed by atoms with E-state index in [1.807, 2.05) is 0 Å². The third kappa shape index (κ3) is 3.06. The number of rotatable bonds is 2. The summed E-state index contributed by atoms with van der Waals surface area (Å²) in [4.78, 5) is 0. The predicted octanol–water partition coefficient (Wildman–Crippen LogP) is 1.67. The maximum Gasteiger partial charge on any atom is 0.165 e. The van der Waals surface area contributed by atoms with Crippen LogP contribution in [0.3, 0.4) is 0 Å². The first kappa shape index (κ1) is 14.3. The molecular weight excluding hydrogens is 269 g/mol. The van der Waals surface area contributed by atoms with E-state index in [9.17, 15) is 12.8 Å². The number of methoxy groups -OCH3 is 1. The maximum absolute atomic E-state index is 13.7. The molecule has 1 fully saturated rings.